The van der Waals surface area contributed by atoms with Gasteiger partial charge in [-0.25, -0.2) is 8.42 Å². The van der Waals surface area contributed by atoms with E-state index in [-0.39, 0.29) is 0 Å². The minimum Gasteiger partial charge on any atom is -0.330 e. The third-order valence-electron chi connectivity index (χ3n) is 3.22. The van der Waals surface area contributed by atoms with Crippen molar-refractivity contribution in [3.8, 4) is 0 Å². The maximum atomic E-state index is 12.3. The fourth-order valence-electron chi connectivity index (χ4n) is 2.06. The fraction of sp³-hybridized carbons (Fsp3) is 0.636. The number of hydrogen-bond acceptors (Lipinski definition) is 4. The Morgan fingerprint density at radius 2 is 2.06 bits per heavy atom. The minimum absolute atomic E-state index is 0.459. The SMILES string of the molecule is Cc1ccc(S(=O)(=O)N2CCC(CN)CC2)s1. The van der Waals surface area contributed by atoms with Crippen molar-refractivity contribution in [1.29, 1.82) is 0 Å². The number of sulfonamides is 1. The summed E-state index contributed by atoms with van der Waals surface area (Å²) >= 11 is 1.34. The van der Waals surface area contributed by atoms with Crippen LogP contribution in [-0.4, -0.2) is 32.4 Å². The van der Waals surface area contributed by atoms with Crippen LogP contribution in [0.15, 0.2) is 16.3 Å². The highest BCUT2D eigenvalue weighted by Gasteiger charge is 2.29. The van der Waals surface area contributed by atoms with Crippen molar-refractivity contribution in [2.24, 2.45) is 11.7 Å². The summed E-state index contributed by atoms with van der Waals surface area (Å²) in [5.41, 5.74) is 5.61. The van der Waals surface area contributed by atoms with E-state index in [9.17, 15) is 8.42 Å². The summed E-state index contributed by atoms with van der Waals surface area (Å²) in [4.78, 5) is 1.03. The molecule has 0 aromatic carbocycles. The van der Waals surface area contributed by atoms with E-state index in [1.165, 1.54) is 11.3 Å². The van der Waals surface area contributed by atoms with E-state index in [0.717, 1.165) is 17.7 Å². The predicted molar refractivity (Wildman–Crippen MR) is 69.6 cm³/mol. The monoisotopic (exact) mass is 274 g/mol. The Kier molecular flexibility index (Phi) is 3.87. The molecule has 0 amide bonds. The average molecular weight is 274 g/mol. The molecule has 96 valence electrons. The zero-order chi connectivity index (χ0) is 12.5. The Morgan fingerprint density at radius 3 is 2.53 bits per heavy atom. The van der Waals surface area contributed by atoms with Gasteiger partial charge >= 0.3 is 0 Å². The molecule has 17 heavy (non-hydrogen) atoms. The molecule has 4 nitrogen and oxygen atoms in total. The van der Waals surface area contributed by atoms with Gasteiger partial charge in [0.15, 0.2) is 0 Å². The molecule has 0 spiro atoms. The normalized spacial score (nSPS) is 19.6. The molecular formula is C11H18N2O2S2. The molecule has 1 fully saturated rings. The maximum Gasteiger partial charge on any atom is 0.252 e. The average Bonchev–Trinajstić information content (AvgIpc) is 2.77. The van der Waals surface area contributed by atoms with Crippen LogP contribution in [-0.2, 0) is 10.0 Å². The highest BCUT2D eigenvalue weighted by atomic mass is 32.2. The first kappa shape index (κ1) is 13.0. The molecule has 0 bridgehead atoms. The Bertz CT molecular complexity index is 473. The van der Waals surface area contributed by atoms with Crippen LogP contribution in [0.1, 0.15) is 17.7 Å². The quantitative estimate of drug-likeness (QED) is 0.906. The molecule has 0 aliphatic carbocycles. The van der Waals surface area contributed by atoms with Crippen LogP contribution in [0.5, 0.6) is 0 Å². The molecule has 2 heterocycles. The number of thiophene rings is 1. The van der Waals surface area contributed by atoms with Crippen molar-refractivity contribution in [2.75, 3.05) is 19.6 Å². The molecule has 0 radical (unpaired) electrons. The maximum absolute atomic E-state index is 12.3. The number of piperidine rings is 1. The largest absolute Gasteiger partial charge is 0.330 e. The van der Waals surface area contributed by atoms with Crippen molar-refractivity contribution >= 4 is 21.4 Å². The number of rotatable bonds is 3. The standard InChI is InChI=1S/C11H18N2O2S2/c1-9-2-3-11(16-9)17(14,15)13-6-4-10(8-12)5-7-13/h2-3,10H,4-8,12H2,1H3. The molecule has 1 aromatic heterocycles. The topological polar surface area (TPSA) is 63.4 Å². The van der Waals surface area contributed by atoms with Gasteiger partial charge in [-0.15, -0.1) is 11.3 Å². The summed E-state index contributed by atoms with van der Waals surface area (Å²) in [6.45, 7) is 3.78. The lowest BCUT2D eigenvalue weighted by atomic mass is 9.99. The van der Waals surface area contributed by atoms with Crippen molar-refractivity contribution in [3.05, 3.63) is 17.0 Å². The second kappa shape index (κ2) is 5.06. The third-order valence-corrected chi connectivity index (χ3v) is 6.58. The van der Waals surface area contributed by atoms with Crippen LogP contribution < -0.4 is 5.73 Å². The van der Waals surface area contributed by atoms with Crippen LogP contribution in [0.2, 0.25) is 0 Å². The van der Waals surface area contributed by atoms with Crippen molar-refractivity contribution in [1.82, 2.24) is 4.31 Å². The van der Waals surface area contributed by atoms with Crippen LogP contribution in [0.25, 0.3) is 0 Å². The number of nitrogens with zero attached hydrogens (tertiary/aromatic N) is 1. The molecule has 1 aliphatic heterocycles. The second-order valence-corrected chi connectivity index (χ2v) is 7.90. The van der Waals surface area contributed by atoms with Gasteiger partial charge in [-0.3, -0.25) is 0 Å². The lowest BCUT2D eigenvalue weighted by Gasteiger charge is -2.30. The molecule has 2 N–H and O–H groups in total. The molecular weight excluding hydrogens is 256 g/mol. The number of nitrogens with two attached hydrogens (primary N) is 1. The summed E-state index contributed by atoms with van der Waals surface area (Å²) in [5, 5.41) is 0. The van der Waals surface area contributed by atoms with E-state index >= 15 is 0 Å². The Balaban J connectivity index is 2.12. The zero-order valence-corrected chi connectivity index (χ0v) is 11.6. The summed E-state index contributed by atoms with van der Waals surface area (Å²) in [7, 11) is -3.26. The molecule has 6 heteroatoms. The molecule has 1 saturated heterocycles. The summed E-state index contributed by atoms with van der Waals surface area (Å²) in [6, 6.07) is 3.55. The Morgan fingerprint density at radius 1 is 1.41 bits per heavy atom. The van der Waals surface area contributed by atoms with Gasteiger partial charge < -0.3 is 5.73 Å². The van der Waals surface area contributed by atoms with Gasteiger partial charge in [-0.2, -0.15) is 4.31 Å². The number of hydrogen-bond donors (Lipinski definition) is 1. The first-order valence-corrected chi connectivity index (χ1v) is 8.06. The third kappa shape index (κ3) is 2.70. The zero-order valence-electron chi connectivity index (χ0n) is 9.93. The predicted octanol–water partition coefficient (Wildman–Crippen LogP) is 1.42. The number of aryl methyl sites for hydroxylation is 1. The lowest BCUT2D eigenvalue weighted by Crippen LogP contribution is -2.39. The van der Waals surface area contributed by atoms with Crippen molar-refractivity contribution in [2.45, 2.75) is 24.0 Å². The summed E-state index contributed by atoms with van der Waals surface area (Å²) in [6.07, 6.45) is 1.75. The van der Waals surface area contributed by atoms with E-state index in [0.29, 0.717) is 29.8 Å². The van der Waals surface area contributed by atoms with Gasteiger partial charge in [0.25, 0.3) is 10.0 Å². The lowest BCUT2D eigenvalue weighted by molar-refractivity contribution is 0.279. The first-order chi connectivity index (χ1) is 8.04. The second-order valence-electron chi connectivity index (χ2n) is 4.45. The van der Waals surface area contributed by atoms with Crippen LogP contribution in [0, 0.1) is 12.8 Å². The van der Waals surface area contributed by atoms with Crippen LogP contribution in [0.4, 0.5) is 0 Å². The highest BCUT2D eigenvalue weighted by Crippen LogP contribution is 2.27. The van der Waals surface area contributed by atoms with Gasteiger partial charge in [0.2, 0.25) is 0 Å². The van der Waals surface area contributed by atoms with E-state index in [2.05, 4.69) is 0 Å². The van der Waals surface area contributed by atoms with E-state index in [4.69, 9.17) is 5.73 Å². The fourth-order valence-corrected chi connectivity index (χ4v) is 4.97. The molecule has 1 aliphatic rings. The van der Waals surface area contributed by atoms with Crippen LogP contribution in [0.3, 0.4) is 0 Å². The molecule has 2 rings (SSSR count). The van der Waals surface area contributed by atoms with E-state index < -0.39 is 10.0 Å². The Hall–Kier alpha value is -0.430. The molecule has 0 saturated carbocycles. The summed E-state index contributed by atoms with van der Waals surface area (Å²) in [5.74, 6) is 0.478. The first-order valence-electron chi connectivity index (χ1n) is 5.80. The van der Waals surface area contributed by atoms with Crippen molar-refractivity contribution < 1.29 is 8.42 Å². The smallest absolute Gasteiger partial charge is 0.252 e. The van der Waals surface area contributed by atoms with Gasteiger partial charge in [-0.1, -0.05) is 0 Å². The van der Waals surface area contributed by atoms with Crippen molar-refractivity contribution in [3.63, 3.8) is 0 Å². The van der Waals surface area contributed by atoms with Gasteiger partial charge in [0.05, 0.1) is 0 Å². The van der Waals surface area contributed by atoms with E-state index in [1.807, 2.05) is 13.0 Å². The van der Waals surface area contributed by atoms with E-state index in [1.54, 1.807) is 10.4 Å². The van der Waals surface area contributed by atoms with Gasteiger partial charge in [0.1, 0.15) is 4.21 Å². The summed E-state index contributed by atoms with van der Waals surface area (Å²) < 4.78 is 26.6. The van der Waals surface area contributed by atoms with Crippen LogP contribution >= 0.6 is 11.3 Å². The molecule has 1 aromatic rings. The minimum atomic E-state index is -3.26. The molecule has 0 unspecified atom stereocenters. The highest BCUT2D eigenvalue weighted by molar-refractivity contribution is 7.91. The Labute approximate surface area is 106 Å². The van der Waals surface area contributed by atoms with Gasteiger partial charge in [-0.05, 0) is 44.4 Å². The molecule has 0 atom stereocenters. The van der Waals surface area contributed by atoms with Gasteiger partial charge in [0, 0.05) is 18.0 Å².